The van der Waals surface area contributed by atoms with E-state index in [0.29, 0.717) is 0 Å². The first-order valence-corrected chi connectivity index (χ1v) is 4.74. The second-order valence-electron chi connectivity index (χ2n) is 3.58. The normalized spacial score (nSPS) is 33.2. The maximum atomic E-state index is 11.6. The summed E-state index contributed by atoms with van der Waals surface area (Å²) in [6, 6.07) is 0. The number of amides is 1. The molecule has 74 valence electrons. The number of carbonyl (C=O) groups excluding carboxylic acids is 1. The molecule has 13 heavy (non-hydrogen) atoms. The third kappa shape index (κ3) is 1.69. The second-order valence-corrected chi connectivity index (χ2v) is 3.58. The van der Waals surface area contributed by atoms with Crippen LogP contribution in [-0.2, 0) is 14.3 Å². The molecule has 2 rings (SSSR count). The van der Waals surface area contributed by atoms with Gasteiger partial charge in [-0.15, -0.1) is 0 Å². The van der Waals surface area contributed by atoms with E-state index in [0.717, 1.165) is 32.5 Å². The molecule has 0 N–H and O–H groups in total. The van der Waals surface area contributed by atoms with E-state index in [2.05, 4.69) is 0 Å². The first-order chi connectivity index (χ1) is 6.31. The van der Waals surface area contributed by atoms with Gasteiger partial charge >= 0.3 is 0 Å². The van der Waals surface area contributed by atoms with Crippen molar-refractivity contribution in [3.63, 3.8) is 0 Å². The summed E-state index contributed by atoms with van der Waals surface area (Å²) in [7, 11) is 1.69. The lowest BCUT2D eigenvalue weighted by atomic mass is 10.1. The molecule has 0 spiro atoms. The van der Waals surface area contributed by atoms with Crippen molar-refractivity contribution in [3.8, 4) is 0 Å². The molecule has 2 saturated heterocycles. The predicted octanol–water partition coefficient (Wildman–Crippen LogP) is 0.0226. The van der Waals surface area contributed by atoms with Gasteiger partial charge in [-0.25, -0.2) is 0 Å². The van der Waals surface area contributed by atoms with E-state index < -0.39 is 0 Å². The van der Waals surface area contributed by atoms with Crippen LogP contribution in [0.3, 0.4) is 0 Å². The van der Waals surface area contributed by atoms with Crippen LogP contribution in [0.4, 0.5) is 0 Å². The molecule has 0 aromatic carbocycles. The zero-order valence-corrected chi connectivity index (χ0v) is 7.86. The Labute approximate surface area is 77.8 Å². The molecule has 0 aliphatic carbocycles. The van der Waals surface area contributed by atoms with Crippen LogP contribution < -0.4 is 0 Å². The minimum Gasteiger partial charge on any atom is -0.380 e. The van der Waals surface area contributed by atoms with E-state index in [-0.39, 0.29) is 18.1 Å². The van der Waals surface area contributed by atoms with Gasteiger partial charge in [0.2, 0.25) is 0 Å². The van der Waals surface area contributed by atoms with Crippen LogP contribution in [0.5, 0.6) is 0 Å². The minimum absolute atomic E-state index is 0.144. The zero-order chi connectivity index (χ0) is 9.26. The molecule has 0 saturated carbocycles. The first kappa shape index (κ1) is 8.97. The molecule has 1 unspecified atom stereocenters. The molecule has 2 heterocycles. The SMILES string of the molecule is CO[C@@H]1CCN(C(=O)C2CCO2)C1. The Morgan fingerprint density at radius 2 is 2.31 bits per heavy atom. The van der Waals surface area contributed by atoms with Crippen molar-refractivity contribution < 1.29 is 14.3 Å². The monoisotopic (exact) mass is 185 g/mol. The summed E-state index contributed by atoms with van der Waals surface area (Å²) < 4.78 is 10.3. The molecule has 0 aromatic rings. The highest BCUT2D eigenvalue weighted by Gasteiger charge is 2.34. The van der Waals surface area contributed by atoms with Crippen molar-refractivity contribution in [2.75, 3.05) is 26.8 Å². The Balaban J connectivity index is 1.84. The zero-order valence-electron chi connectivity index (χ0n) is 7.86. The fraction of sp³-hybridized carbons (Fsp3) is 0.889. The number of hydrogen-bond acceptors (Lipinski definition) is 3. The first-order valence-electron chi connectivity index (χ1n) is 4.74. The number of carbonyl (C=O) groups is 1. The number of hydrogen-bond donors (Lipinski definition) is 0. The van der Waals surface area contributed by atoms with Crippen molar-refractivity contribution in [2.24, 2.45) is 0 Å². The van der Waals surface area contributed by atoms with Crippen LogP contribution in [0.25, 0.3) is 0 Å². The lowest BCUT2D eigenvalue weighted by Crippen LogP contribution is -2.45. The lowest BCUT2D eigenvalue weighted by Gasteiger charge is -2.29. The van der Waals surface area contributed by atoms with E-state index in [1.807, 2.05) is 4.90 Å². The van der Waals surface area contributed by atoms with Gasteiger partial charge in [0.1, 0.15) is 6.10 Å². The molecule has 0 aromatic heterocycles. The third-order valence-electron chi connectivity index (χ3n) is 2.76. The van der Waals surface area contributed by atoms with E-state index in [1.165, 1.54) is 0 Å². The largest absolute Gasteiger partial charge is 0.380 e. The summed E-state index contributed by atoms with van der Waals surface area (Å²) in [5.41, 5.74) is 0. The number of rotatable bonds is 2. The Morgan fingerprint density at radius 1 is 1.54 bits per heavy atom. The molecular formula is C9H15NO3. The summed E-state index contributed by atoms with van der Waals surface area (Å²) in [6.07, 6.45) is 1.90. The molecule has 4 heteroatoms. The summed E-state index contributed by atoms with van der Waals surface area (Å²) in [5.74, 6) is 0.144. The van der Waals surface area contributed by atoms with Crippen molar-refractivity contribution in [1.82, 2.24) is 4.90 Å². The van der Waals surface area contributed by atoms with Crippen LogP contribution in [0, 0.1) is 0 Å². The van der Waals surface area contributed by atoms with Crippen molar-refractivity contribution in [2.45, 2.75) is 25.0 Å². The van der Waals surface area contributed by atoms with Crippen LogP contribution >= 0.6 is 0 Å². The summed E-state index contributed by atoms with van der Waals surface area (Å²) in [4.78, 5) is 13.5. The molecule has 2 aliphatic heterocycles. The van der Waals surface area contributed by atoms with E-state index >= 15 is 0 Å². The molecule has 0 radical (unpaired) electrons. The molecule has 1 amide bonds. The van der Waals surface area contributed by atoms with Crippen molar-refractivity contribution >= 4 is 5.91 Å². The van der Waals surface area contributed by atoms with E-state index in [9.17, 15) is 4.79 Å². The average molecular weight is 185 g/mol. The van der Waals surface area contributed by atoms with Crippen molar-refractivity contribution in [1.29, 1.82) is 0 Å². The highest BCUT2D eigenvalue weighted by Crippen LogP contribution is 2.18. The molecule has 2 atom stereocenters. The Kier molecular flexibility index (Phi) is 2.51. The maximum Gasteiger partial charge on any atom is 0.251 e. The summed E-state index contributed by atoms with van der Waals surface area (Å²) in [5, 5.41) is 0. The van der Waals surface area contributed by atoms with Gasteiger partial charge < -0.3 is 14.4 Å². The lowest BCUT2D eigenvalue weighted by molar-refractivity contribution is -0.155. The maximum absolute atomic E-state index is 11.6. The van der Waals surface area contributed by atoms with Crippen LogP contribution in [0.1, 0.15) is 12.8 Å². The Bertz CT molecular complexity index is 203. The number of methoxy groups -OCH3 is 1. The third-order valence-corrected chi connectivity index (χ3v) is 2.76. The topological polar surface area (TPSA) is 38.8 Å². The van der Waals surface area contributed by atoms with Crippen molar-refractivity contribution in [3.05, 3.63) is 0 Å². The van der Waals surface area contributed by atoms with Crippen LogP contribution in [0.15, 0.2) is 0 Å². The van der Waals surface area contributed by atoms with Gasteiger partial charge in [0.25, 0.3) is 5.91 Å². The van der Waals surface area contributed by atoms with Gasteiger partial charge in [0, 0.05) is 26.6 Å². The predicted molar refractivity (Wildman–Crippen MR) is 46.4 cm³/mol. The number of likely N-dealkylation sites (tertiary alicyclic amines) is 1. The molecule has 4 nitrogen and oxygen atoms in total. The second kappa shape index (κ2) is 3.64. The Hall–Kier alpha value is -0.610. The molecule has 2 aliphatic rings. The summed E-state index contributed by atoms with van der Waals surface area (Å²) in [6.45, 7) is 2.28. The molecule has 0 bridgehead atoms. The highest BCUT2D eigenvalue weighted by molar-refractivity contribution is 5.81. The average Bonchev–Trinajstić information content (AvgIpc) is 2.48. The highest BCUT2D eigenvalue weighted by atomic mass is 16.5. The smallest absolute Gasteiger partial charge is 0.251 e. The number of ether oxygens (including phenoxy) is 2. The molecule has 2 fully saturated rings. The van der Waals surface area contributed by atoms with E-state index in [4.69, 9.17) is 9.47 Å². The minimum atomic E-state index is -0.157. The summed E-state index contributed by atoms with van der Waals surface area (Å²) >= 11 is 0. The number of nitrogens with zero attached hydrogens (tertiary/aromatic N) is 1. The van der Waals surface area contributed by atoms with Gasteiger partial charge in [-0.2, -0.15) is 0 Å². The fourth-order valence-corrected chi connectivity index (χ4v) is 1.75. The van der Waals surface area contributed by atoms with Crippen LogP contribution in [0.2, 0.25) is 0 Å². The van der Waals surface area contributed by atoms with Gasteiger partial charge in [-0.3, -0.25) is 4.79 Å². The standard InChI is InChI=1S/C9H15NO3/c1-12-7-2-4-10(6-7)9(11)8-3-5-13-8/h7-8H,2-6H2,1H3/t7-,8?/m1/s1. The van der Waals surface area contributed by atoms with Gasteiger partial charge in [-0.1, -0.05) is 0 Å². The quantitative estimate of drug-likeness (QED) is 0.609. The van der Waals surface area contributed by atoms with Crippen LogP contribution in [-0.4, -0.2) is 49.8 Å². The fourth-order valence-electron chi connectivity index (χ4n) is 1.75. The van der Waals surface area contributed by atoms with Gasteiger partial charge in [0.15, 0.2) is 0 Å². The van der Waals surface area contributed by atoms with Gasteiger partial charge in [-0.05, 0) is 6.42 Å². The van der Waals surface area contributed by atoms with Gasteiger partial charge in [0.05, 0.1) is 12.7 Å². The Morgan fingerprint density at radius 3 is 2.77 bits per heavy atom. The molecular weight excluding hydrogens is 170 g/mol. The van der Waals surface area contributed by atoms with E-state index in [1.54, 1.807) is 7.11 Å².